The second-order valence-corrected chi connectivity index (χ2v) is 5.78. The highest BCUT2D eigenvalue weighted by atomic mass is 35.5. The summed E-state index contributed by atoms with van der Waals surface area (Å²) in [5, 5.41) is 9.81. The summed E-state index contributed by atoms with van der Waals surface area (Å²) in [5.74, 6) is 2.11. The van der Waals surface area contributed by atoms with Gasteiger partial charge >= 0.3 is 0 Å². The van der Waals surface area contributed by atoms with Crippen molar-refractivity contribution in [3.05, 3.63) is 87.8 Å². The van der Waals surface area contributed by atoms with Gasteiger partial charge in [-0.15, -0.1) is 0 Å². The Kier molecular flexibility index (Phi) is 5.26. The van der Waals surface area contributed by atoms with Crippen LogP contribution >= 0.6 is 11.6 Å². The van der Waals surface area contributed by atoms with Crippen molar-refractivity contribution in [1.29, 1.82) is 0 Å². The molecular weight excluding hydrogens is 342 g/mol. The second kappa shape index (κ2) is 7.77. The van der Waals surface area contributed by atoms with Gasteiger partial charge in [-0.1, -0.05) is 11.6 Å². The Labute approximate surface area is 149 Å². The van der Waals surface area contributed by atoms with Crippen LogP contribution in [0.25, 0.3) is 0 Å². The lowest BCUT2D eigenvalue weighted by molar-refractivity contribution is 0.174. The Balaban J connectivity index is 1.52. The summed E-state index contributed by atoms with van der Waals surface area (Å²) in [6, 6.07) is 17.5. The molecule has 0 aliphatic carbocycles. The fourth-order valence-electron chi connectivity index (χ4n) is 2.20. The summed E-state index contributed by atoms with van der Waals surface area (Å²) < 4.78 is 11.9. The molecule has 6 heteroatoms. The molecule has 0 amide bonds. The summed E-state index contributed by atoms with van der Waals surface area (Å²) in [7, 11) is 0. The highest BCUT2D eigenvalue weighted by molar-refractivity contribution is 6.30. The van der Waals surface area contributed by atoms with Gasteiger partial charge < -0.3 is 14.7 Å². The van der Waals surface area contributed by atoms with E-state index in [0.29, 0.717) is 40.0 Å². The number of ether oxygens (including phenoxy) is 2. The molecule has 0 radical (unpaired) electrons. The number of aromatic nitrogens is 1. The fraction of sp³-hybridized carbons (Fsp3) is 0.105. The first-order valence-corrected chi connectivity index (χ1v) is 8.05. The standard InChI is InChI=1S/C19H16ClNO4/c20-15-1-3-17(4-2-15)25-18-7-5-16(6-8-18)24-12-10-14-9-11-21(23)19(22)13-14/h1-9,11,13,23H,10,12H2. The number of benzene rings is 2. The Morgan fingerprint density at radius 3 is 2.16 bits per heavy atom. The molecule has 0 bridgehead atoms. The summed E-state index contributed by atoms with van der Waals surface area (Å²) in [6.45, 7) is 0.423. The van der Waals surface area contributed by atoms with Crippen LogP contribution in [0, 0.1) is 0 Å². The second-order valence-electron chi connectivity index (χ2n) is 5.34. The van der Waals surface area contributed by atoms with Crippen molar-refractivity contribution >= 4 is 11.6 Å². The maximum Gasteiger partial charge on any atom is 0.283 e. The van der Waals surface area contributed by atoms with Crippen LogP contribution in [0.3, 0.4) is 0 Å². The van der Waals surface area contributed by atoms with E-state index in [1.54, 1.807) is 30.3 Å². The van der Waals surface area contributed by atoms with E-state index in [1.165, 1.54) is 12.3 Å². The average Bonchev–Trinajstić information content (AvgIpc) is 2.61. The minimum Gasteiger partial charge on any atom is -0.493 e. The summed E-state index contributed by atoms with van der Waals surface area (Å²) in [4.78, 5) is 11.3. The van der Waals surface area contributed by atoms with Crippen LogP contribution in [-0.4, -0.2) is 16.5 Å². The average molecular weight is 358 g/mol. The van der Waals surface area contributed by atoms with Gasteiger partial charge in [0.25, 0.3) is 5.56 Å². The first-order valence-electron chi connectivity index (χ1n) is 7.67. The molecule has 0 aliphatic rings. The molecule has 1 heterocycles. The van der Waals surface area contributed by atoms with Crippen molar-refractivity contribution < 1.29 is 14.7 Å². The first kappa shape index (κ1) is 16.9. The van der Waals surface area contributed by atoms with Crippen LogP contribution in [0.2, 0.25) is 5.02 Å². The highest BCUT2D eigenvalue weighted by Gasteiger charge is 2.01. The lowest BCUT2D eigenvalue weighted by Gasteiger charge is -2.09. The monoisotopic (exact) mass is 357 g/mol. The molecule has 1 aromatic heterocycles. The molecule has 0 saturated carbocycles. The molecule has 0 fully saturated rings. The fourth-order valence-corrected chi connectivity index (χ4v) is 2.32. The van der Waals surface area contributed by atoms with E-state index in [9.17, 15) is 4.79 Å². The van der Waals surface area contributed by atoms with Crippen LogP contribution in [0.5, 0.6) is 17.2 Å². The third-order valence-electron chi connectivity index (χ3n) is 3.50. The van der Waals surface area contributed by atoms with Crippen molar-refractivity contribution in [2.75, 3.05) is 6.61 Å². The lowest BCUT2D eigenvalue weighted by atomic mass is 10.2. The molecule has 5 nitrogen and oxygen atoms in total. The summed E-state index contributed by atoms with van der Waals surface area (Å²) in [5.41, 5.74) is 0.346. The predicted octanol–water partition coefficient (Wildman–Crippen LogP) is 4.15. The molecule has 0 atom stereocenters. The highest BCUT2D eigenvalue weighted by Crippen LogP contribution is 2.25. The smallest absolute Gasteiger partial charge is 0.283 e. The predicted molar refractivity (Wildman–Crippen MR) is 95.1 cm³/mol. The van der Waals surface area contributed by atoms with E-state index in [2.05, 4.69) is 0 Å². The number of pyridine rings is 1. The number of nitrogens with zero attached hydrogens (tertiary/aromatic N) is 1. The first-order chi connectivity index (χ1) is 12.1. The zero-order valence-electron chi connectivity index (χ0n) is 13.3. The minimum absolute atomic E-state index is 0.423. The molecule has 2 aromatic carbocycles. The van der Waals surface area contributed by atoms with Gasteiger partial charge in [-0.3, -0.25) is 4.79 Å². The molecule has 128 valence electrons. The molecule has 25 heavy (non-hydrogen) atoms. The number of rotatable bonds is 6. The minimum atomic E-state index is -0.457. The Hall–Kier alpha value is -2.92. The van der Waals surface area contributed by atoms with Crippen molar-refractivity contribution in [2.45, 2.75) is 6.42 Å². The van der Waals surface area contributed by atoms with Crippen molar-refractivity contribution in [2.24, 2.45) is 0 Å². The normalized spacial score (nSPS) is 10.4. The van der Waals surface area contributed by atoms with Crippen molar-refractivity contribution in [1.82, 2.24) is 4.73 Å². The van der Waals surface area contributed by atoms with E-state index in [1.807, 2.05) is 24.3 Å². The van der Waals surface area contributed by atoms with E-state index in [-0.39, 0.29) is 0 Å². The topological polar surface area (TPSA) is 60.7 Å². The summed E-state index contributed by atoms with van der Waals surface area (Å²) >= 11 is 5.84. The van der Waals surface area contributed by atoms with Crippen LogP contribution in [0.15, 0.2) is 71.7 Å². The largest absolute Gasteiger partial charge is 0.493 e. The SMILES string of the molecule is O=c1cc(CCOc2ccc(Oc3ccc(Cl)cc3)cc2)ccn1O. The maximum atomic E-state index is 11.3. The molecule has 3 rings (SSSR count). The quantitative estimate of drug-likeness (QED) is 0.673. The molecule has 0 saturated heterocycles. The Morgan fingerprint density at radius 1 is 0.920 bits per heavy atom. The number of halogens is 1. The van der Waals surface area contributed by atoms with Gasteiger partial charge in [0.15, 0.2) is 0 Å². The Morgan fingerprint density at radius 2 is 1.52 bits per heavy atom. The molecule has 3 aromatic rings. The van der Waals surface area contributed by atoms with E-state index in [0.717, 1.165) is 5.56 Å². The third-order valence-corrected chi connectivity index (χ3v) is 3.75. The molecule has 0 unspecified atom stereocenters. The molecule has 0 spiro atoms. The van der Waals surface area contributed by atoms with Crippen LogP contribution in [-0.2, 0) is 6.42 Å². The lowest BCUT2D eigenvalue weighted by Crippen LogP contribution is -2.16. The van der Waals surface area contributed by atoms with Crippen LogP contribution in [0.1, 0.15) is 5.56 Å². The molecule has 0 aliphatic heterocycles. The number of hydrogen-bond acceptors (Lipinski definition) is 4. The van der Waals surface area contributed by atoms with Gasteiger partial charge in [0.1, 0.15) is 17.2 Å². The van der Waals surface area contributed by atoms with E-state index < -0.39 is 5.56 Å². The van der Waals surface area contributed by atoms with Gasteiger partial charge in [0, 0.05) is 23.7 Å². The Bertz CT molecular complexity index is 889. The molecular formula is C19H16ClNO4. The van der Waals surface area contributed by atoms with Gasteiger partial charge in [0.2, 0.25) is 0 Å². The van der Waals surface area contributed by atoms with Crippen molar-refractivity contribution in [3.8, 4) is 17.2 Å². The van der Waals surface area contributed by atoms with Gasteiger partial charge in [-0.05, 0) is 60.2 Å². The number of hydrogen-bond donors (Lipinski definition) is 1. The van der Waals surface area contributed by atoms with Gasteiger partial charge in [0.05, 0.1) is 6.61 Å². The summed E-state index contributed by atoms with van der Waals surface area (Å²) in [6.07, 6.45) is 1.89. The molecule has 1 N–H and O–H groups in total. The van der Waals surface area contributed by atoms with E-state index >= 15 is 0 Å². The van der Waals surface area contributed by atoms with Crippen LogP contribution < -0.4 is 15.0 Å². The zero-order valence-corrected chi connectivity index (χ0v) is 14.0. The van der Waals surface area contributed by atoms with Gasteiger partial charge in [-0.2, -0.15) is 4.73 Å². The third kappa shape index (κ3) is 4.78. The van der Waals surface area contributed by atoms with E-state index in [4.69, 9.17) is 26.3 Å². The van der Waals surface area contributed by atoms with Gasteiger partial charge in [-0.25, -0.2) is 0 Å². The maximum absolute atomic E-state index is 11.3. The zero-order chi connectivity index (χ0) is 17.6. The van der Waals surface area contributed by atoms with Crippen molar-refractivity contribution in [3.63, 3.8) is 0 Å². The van der Waals surface area contributed by atoms with Crippen LogP contribution in [0.4, 0.5) is 0 Å².